The van der Waals surface area contributed by atoms with Crippen LogP contribution in [0.2, 0.25) is 0 Å². The number of nitrogens with one attached hydrogen (secondary N) is 1. The highest BCUT2D eigenvalue weighted by atomic mass is 32.1. The molecule has 0 saturated heterocycles. The lowest BCUT2D eigenvalue weighted by atomic mass is 10.1. The van der Waals surface area contributed by atoms with Gasteiger partial charge in [-0.25, -0.2) is 4.98 Å². The predicted octanol–water partition coefficient (Wildman–Crippen LogP) is 2.47. The summed E-state index contributed by atoms with van der Waals surface area (Å²) in [6, 6.07) is 1.90. The topological polar surface area (TPSA) is 88.2 Å². The summed E-state index contributed by atoms with van der Waals surface area (Å²) >= 11 is 1.34. The Morgan fingerprint density at radius 3 is 2.86 bits per heavy atom. The fraction of sp³-hybridized carbons (Fsp3) is 0.467. The summed E-state index contributed by atoms with van der Waals surface area (Å²) in [7, 11) is 0. The number of hydrogen-bond acceptors (Lipinski definition) is 5. The van der Waals surface area contributed by atoms with Crippen molar-refractivity contribution in [2.75, 3.05) is 18.9 Å². The summed E-state index contributed by atoms with van der Waals surface area (Å²) in [5, 5.41) is 12.5. The number of thiophene rings is 1. The number of aliphatic hydroxyl groups excluding tert-OH is 1. The minimum atomic E-state index is -0.128. The Morgan fingerprint density at radius 2 is 2.14 bits per heavy atom. The molecule has 0 unspecified atom stereocenters. The number of anilines is 1. The van der Waals surface area contributed by atoms with Crippen LogP contribution in [0.3, 0.4) is 0 Å². The van der Waals surface area contributed by atoms with E-state index in [1.807, 2.05) is 13.0 Å². The molecule has 5 nitrogen and oxygen atoms in total. The molecule has 2 heterocycles. The molecule has 2 aromatic rings. The van der Waals surface area contributed by atoms with Crippen molar-refractivity contribution < 1.29 is 9.90 Å². The molecule has 0 saturated carbocycles. The van der Waals surface area contributed by atoms with Gasteiger partial charge in [-0.1, -0.05) is 12.8 Å². The maximum atomic E-state index is 12.2. The van der Waals surface area contributed by atoms with Gasteiger partial charge in [-0.3, -0.25) is 4.79 Å². The van der Waals surface area contributed by atoms with Crippen molar-refractivity contribution in [3.05, 3.63) is 22.7 Å². The molecule has 0 bridgehead atoms. The van der Waals surface area contributed by atoms with Crippen LogP contribution in [0.5, 0.6) is 0 Å². The molecule has 114 valence electrons. The van der Waals surface area contributed by atoms with E-state index in [4.69, 9.17) is 10.8 Å². The van der Waals surface area contributed by atoms with E-state index in [2.05, 4.69) is 10.3 Å². The van der Waals surface area contributed by atoms with Crippen molar-refractivity contribution in [2.24, 2.45) is 0 Å². The lowest BCUT2D eigenvalue weighted by Gasteiger charge is -2.04. The van der Waals surface area contributed by atoms with E-state index in [0.717, 1.165) is 41.5 Å². The monoisotopic (exact) mass is 307 g/mol. The van der Waals surface area contributed by atoms with Crippen molar-refractivity contribution in [2.45, 2.75) is 32.6 Å². The molecule has 1 amide bonds. The largest absolute Gasteiger partial charge is 0.397 e. The number of amides is 1. The first-order chi connectivity index (χ1) is 10.1. The molecule has 0 aromatic carbocycles. The second kappa shape index (κ2) is 7.38. The van der Waals surface area contributed by atoms with Crippen LogP contribution in [0.25, 0.3) is 10.2 Å². The van der Waals surface area contributed by atoms with Gasteiger partial charge in [0.15, 0.2) is 0 Å². The van der Waals surface area contributed by atoms with Crippen LogP contribution in [0.1, 0.15) is 40.9 Å². The number of aromatic nitrogens is 1. The van der Waals surface area contributed by atoms with Crippen molar-refractivity contribution in [1.29, 1.82) is 0 Å². The number of nitrogens with two attached hydrogens (primary N) is 1. The summed E-state index contributed by atoms with van der Waals surface area (Å²) in [5.41, 5.74) is 7.66. The van der Waals surface area contributed by atoms with E-state index in [1.165, 1.54) is 11.3 Å². The number of rotatable bonds is 7. The van der Waals surface area contributed by atoms with E-state index >= 15 is 0 Å². The van der Waals surface area contributed by atoms with Gasteiger partial charge in [0.2, 0.25) is 0 Å². The maximum absolute atomic E-state index is 12.2. The number of nitrogen functional groups attached to an aromatic ring is 1. The highest BCUT2D eigenvalue weighted by Gasteiger charge is 2.17. The molecule has 0 aliphatic heterocycles. The lowest BCUT2D eigenvalue weighted by Crippen LogP contribution is -2.24. The van der Waals surface area contributed by atoms with Crippen LogP contribution in [-0.2, 0) is 0 Å². The van der Waals surface area contributed by atoms with Gasteiger partial charge in [0.25, 0.3) is 5.91 Å². The molecular formula is C15H21N3O2S. The van der Waals surface area contributed by atoms with E-state index in [9.17, 15) is 4.79 Å². The Bertz CT molecular complexity index is 625. The van der Waals surface area contributed by atoms with Crippen LogP contribution in [-0.4, -0.2) is 29.1 Å². The van der Waals surface area contributed by atoms with Crippen molar-refractivity contribution in [3.8, 4) is 0 Å². The molecule has 2 rings (SSSR count). The second-order valence-electron chi connectivity index (χ2n) is 5.05. The molecular weight excluding hydrogens is 286 g/mol. The normalized spacial score (nSPS) is 11.0. The van der Waals surface area contributed by atoms with E-state index < -0.39 is 0 Å². The summed E-state index contributed by atoms with van der Waals surface area (Å²) < 4.78 is 0. The van der Waals surface area contributed by atoms with E-state index in [0.29, 0.717) is 17.1 Å². The molecule has 6 heteroatoms. The lowest BCUT2D eigenvalue weighted by molar-refractivity contribution is 0.0957. The van der Waals surface area contributed by atoms with Crippen LogP contribution in [0.4, 0.5) is 5.69 Å². The van der Waals surface area contributed by atoms with Gasteiger partial charge in [-0.05, 0) is 31.4 Å². The third-order valence-corrected chi connectivity index (χ3v) is 4.53. The Balaban J connectivity index is 1.97. The van der Waals surface area contributed by atoms with Crippen LogP contribution < -0.4 is 11.1 Å². The summed E-state index contributed by atoms with van der Waals surface area (Å²) in [4.78, 5) is 17.8. The van der Waals surface area contributed by atoms with E-state index in [-0.39, 0.29) is 12.5 Å². The molecule has 0 spiro atoms. The van der Waals surface area contributed by atoms with Gasteiger partial charge in [-0.15, -0.1) is 11.3 Å². The maximum Gasteiger partial charge on any atom is 0.263 e. The van der Waals surface area contributed by atoms with Gasteiger partial charge < -0.3 is 16.2 Å². The fourth-order valence-electron chi connectivity index (χ4n) is 2.24. The number of fused-ring (bicyclic) bond motifs is 1. The highest BCUT2D eigenvalue weighted by molar-refractivity contribution is 7.21. The number of carbonyl (C=O) groups is 1. The Hall–Kier alpha value is -1.66. The number of unbranched alkanes of at least 4 members (excludes halogenated alkanes) is 3. The Labute approximate surface area is 128 Å². The third kappa shape index (κ3) is 3.71. The average molecular weight is 307 g/mol. The summed E-state index contributed by atoms with van der Waals surface area (Å²) in [5.74, 6) is -0.128. The van der Waals surface area contributed by atoms with E-state index in [1.54, 1.807) is 6.20 Å². The van der Waals surface area contributed by atoms with Crippen LogP contribution in [0, 0.1) is 6.92 Å². The van der Waals surface area contributed by atoms with Gasteiger partial charge in [0.1, 0.15) is 9.71 Å². The van der Waals surface area contributed by atoms with Crippen LogP contribution in [0.15, 0.2) is 12.3 Å². The number of aryl methyl sites for hydroxylation is 1. The first kappa shape index (κ1) is 15.7. The minimum absolute atomic E-state index is 0.128. The third-order valence-electron chi connectivity index (χ3n) is 3.41. The van der Waals surface area contributed by atoms with Gasteiger partial charge >= 0.3 is 0 Å². The SMILES string of the molecule is Cc1ccnc2sc(C(=O)NCCCCCCO)c(N)c12. The standard InChI is InChI=1S/C15H21N3O2S/c1-10-6-8-18-15-11(10)12(16)13(21-15)14(20)17-7-4-2-3-5-9-19/h6,8,19H,2-5,7,9,16H2,1H3,(H,17,20). The molecule has 0 aliphatic rings. The molecule has 4 N–H and O–H groups in total. The van der Waals surface area contributed by atoms with Gasteiger partial charge in [0, 0.05) is 24.7 Å². The Kier molecular flexibility index (Phi) is 5.52. The zero-order valence-electron chi connectivity index (χ0n) is 12.2. The minimum Gasteiger partial charge on any atom is -0.397 e. The van der Waals surface area contributed by atoms with Gasteiger partial charge in [-0.2, -0.15) is 0 Å². The van der Waals surface area contributed by atoms with Crippen molar-refractivity contribution in [3.63, 3.8) is 0 Å². The first-order valence-corrected chi connectivity index (χ1v) is 7.99. The highest BCUT2D eigenvalue weighted by Crippen LogP contribution is 2.34. The average Bonchev–Trinajstić information content (AvgIpc) is 2.81. The molecule has 0 fully saturated rings. The van der Waals surface area contributed by atoms with Crippen LogP contribution >= 0.6 is 11.3 Å². The number of nitrogens with zero attached hydrogens (tertiary/aromatic N) is 1. The summed E-state index contributed by atoms with van der Waals surface area (Å²) in [6.45, 7) is 2.83. The predicted molar refractivity (Wildman–Crippen MR) is 86.7 cm³/mol. The molecule has 0 radical (unpaired) electrons. The molecule has 0 atom stereocenters. The smallest absolute Gasteiger partial charge is 0.263 e. The van der Waals surface area contributed by atoms with Crippen molar-refractivity contribution in [1.82, 2.24) is 10.3 Å². The zero-order valence-corrected chi connectivity index (χ0v) is 13.0. The van der Waals surface area contributed by atoms with Crippen molar-refractivity contribution >= 4 is 33.1 Å². The number of pyridine rings is 1. The zero-order chi connectivity index (χ0) is 15.2. The number of aliphatic hydroxyl groups is 1. The second-order valence-corrected chi connectivity index (χ2v) is 6.05. The molecule has 2 aromatic heterocycles. The Morgan fingerprint density at radius 1 is 1.38 bits per heavy atom. The first-order valence-electron chi connectivity index (χ1n) is 7.17. The number of hydrogen-bond donors (Lipinski definition) is 3. The molecule has 0 aliphatic carbocycles. The quantitative estimate of drug-likeness (QED) is 0.686. The number of carbonyl (C=O) groups excluding carboxylic acids is 1. The fourth-order valence-corrected chi connectivity index (χ4v) is 3.30. The van der Waals surface area contributed by atoms with Gasteiger partial charge in [0.05, 0.1) is 5.69 Å². The summed E-state index contributed by atoms with van der Waals surface area (Å²) in [6.07, 6.45) is 5.45. The molecule has 21 heavy (non-hydrogen) atoms.